The lowest BCUT2D eigenvalue weighted by Gasteiger charge is -2.17. The highest BCUT2D eigenvalue weighted by Gasteiger charge is 2.19. The molecule has 0 amide bonds. The largest absolute Gasteiger partial charge is 0.456 e. The molecule has 0 atom stereocenters. The standard InChI is InChI=1S/C47H30O/c1-29-33-15-5-7-17-36(33)46(37-18-8-6-16-34(29)37)31-24-26-43-42(27-31)35-25-23-32(28-44(35)48-43)47-40-21-11-9-19-38(40)45(30-13-3-2-4-14-30)39-20-10-12-22-41(39)47/h2-28H,1H3. The number of furan rings is 1. The van der Waals surface area contributed by atoms with Crippen molar-refractivity contribution in [3.63, 3.8) is 0 Å². The summed E-state index contributed by atoms with van der Waals surface area (Å²) in [4.78, 5) is 0. The molecule has 10 aromatic rings. The molecule has 1 nitrogen and oxygen atoms in total. The highest BCUT2D eigenvalue weighted by Crippen LogP contribution is 2.45. The van der Waals surface area contributed by atoms with E-state index in [9.17, 15) is 0 Å². The number of hydrogen-bond acceptors (Lipinski definition) is 1. The fraction of sp³-hybridized carbons (Fsp3) is 0.0213. The number of hydrogen-bond donors (Lipinski definition) is 0. The number of fused-ring (bicyclic) bond motifs is 7. The molecule has 0 bridgehead atoms. The van der Waals surface area contributed by atoms with Gasteiger partial charge in [0.05, 0.1) is 0 Å². The Labute approximate surface area is 278 Å². The van der Waals surface area contributed by atoms with E-state index in [1.165, 1.54) is 76.5 Å². The fourth-order valence-corrected chi connectivity index (χ4v) is 8.10. The SMILES string of the molecule is Cc1c2ccccc2c(-c2ccc3oc4cc(-c5c6ccccc6c(-c6ccccc6)c6ccccc56)ccc4c3c2)c2ccccc12. The van der Waals surface area contributed by atoms with E-state index in [-0.39, 0.29) is 0 Å². The predicted molar refractivity (Wildman–Crippen MR) is 205 cm³/mol. The second-order valence-corrected chi connectivity index (χ2v) is 12.8. The fourth-order valence-electron chi connectivity index (χ4n) is 8.10. The molecule has 0 fully saturated rings. The van der Waals surface area contributed by atoms with Gasteiger partial charge in [-0.15, -0.1) is 0 Å². The van der Waals surface area contributed by atoms with Crippen LogP contribution >= 0.6 is 0 Å². The summed E-state index contributed by atoms with van der Waals surface area (Å²) in [6.07, 6.45) is 0. The van der Waals surface area contributed by atoms with Crippen molar-refractivity contribution >= 4 is 65.0 Å². The van der Waals surface area contributed by atoms with Crippen LogP contribution in [0.15, 0.2) is 168 Å². The molecule has 0 aliphatic rings. The molecule has 10 rings (SSSR count). The average Bonchev–Trinajstić information content (AvgIpc) is 3.51. The first kappa shape index (κ1) is 27.0. The summed E-state index contributed by atoms with van der Waals surface area (Å²) >= 11 is 0. The van der Waals surface area contributed by atoms with Gasteiger partial charge in [-0.3, -0.25) is 0 Å². The number of benzene rings is 9. The van der Waals surface area contributed by atoms with Gasteiger partial charge in [-0.1, -0.05) is 140 Å². The minimum atomic E-state index is 0.901. The van der Waals surface area contributed by atoms with Crippen LogP contribution in [0.5, 0.6) is 0 Å². The van der Waals surface area contributed by atoms with Crippen molar-refractivity contribution in [2.45, 2.75) is 6.92 Å². The molecule has 0 N–H and O–H groups in total. The Bertz CT molecular complexity index is 2780. The van der Waals surface area contributed by atoms with Gasteiger partial charge in [0.2, 0.25) is 0 Å². The van der Waals surface area contributed by atoms with Gasteiger partial charge in [0, 0.05) is 10.8 Å². The van der Waals surface area contributed by atoms with E-state index in [1.54, 1.807) is 0 Å². The van der Waals surface area contributed by atoms with Crippen LogP contribution in [0.1, 0.15) is 5.56 Å². The third kappa shape index (κ3) is 3.91. The molecule has 0 aliphatic carbocycles. The molecule has 0 radical (unpaired) electrons. The smallest absolute Gasteiger partial charge is 0.136 e. The lowest BCUT2D eigenvalue weighted by Crippen LogP contribution is -1.90. The molecule has 0 saturated heterocycles. The maximum Gasteiger partial charge on any atom is 0.136 e. The first-order valence-electron chi connectivity index (χ1n) is 16.6. The maximum absolute atomic E-state index is 6.62. The van der Waals surface area contributed by atoms with Crippen LogP contribution in [-0.2, 0) is 0 Å². The molecular formula is C47H30O. The summed E-state index contributed by atoms with van der Waals surface area (Å²) in [7, 11) is 0. The molecule has 0 unspecified atom stereocenters. The Morgan fingerprint density at radius 3 is 1.25 bits per heavy atom. The van der Waals surface area contributed by atoms with Gasteiger partial charge >= 0.3 is 0 Å². The van der Waals surface area contributed by atoms with E-state index in [2.05, 4.69) is 171 Å². The Balaban J connectivity index is 1.20. The van der Waals surface area contributed by atoms with E-state index in [4.69, 9.17) is 4.42 Å². The van der Waals surface area contributed by atoms with Crippen LogP contribution in [0, 0.1) is 6.92 Å². The van der Waals surface area contributed by atoms with Crippen LogP contribution in [0.2, 0.25) is 0 Å². The van der Waals surface area contributed by atoms with Crippen molar-refractivity contribution in [3.05, 3.63) is 169 Å². The minimum absolute atomic E-state index is 0.901. The van der Waals surface area contributed by atoms with Crippen LogP contribution in [0.3, 0.4) is 0 Å². The molecule has 1 heterocycles. The van der Waals surface area contributed by atoms with Crippen molar-refractivity contribution < 1.29 is 4.42 Å². The molecule has 0 aliphatic heterocycles. The van der Waals surface area contributed by atoms with Crippen LogP contribution in [0.25, 0.3) is 98.4 Å². The van der Waals surface area contributed by atoms with Crippen LogP contribution in [-0.4, -0.2) is 0 Å². The van der Waals surface area contributed by atoms with Gasteiger partial charge in [-0.2, -0.15) is 0 Å². The first-order valence-corrected chi connectivity index (χ1v) is 16.6. The predicted octanol–water partition coefficient (Wildman–Crippen LogP) is 13.5. The second kappa shape index (κ2) is 10.4. The van der Waals surface area contributed by atoms with Crippen LogP contribution < -0.4 is 0 Å². The molecule has 1 heteroatoms. The molecule has 224 valence electrons. The summed E-state index contributed by atoms with van der Waals surface area (Å²) in [6.45, 7) is 2.24. The Hall–Kier alpha value is -6.18. The maximum atomic E-state index is 6.62. The van der Waals surface area contributed by atoms with E-state index in [1.807, 2.05) is 0 Å². The quantitative estimate of drug-likeness (QED) is 0.181. The Morgan fingerprint density at radius 2 is 0.708 bits per heavy atom. The van der Waals surface area contributed by atoms with E-state index in [0.717, 1.165) is 27.5 Å². The van der Waals surface area contributed by atoms with Crippen molar-refractivity contribution in [3.8, 4) is 33.4 Å². The van der Waals surface area contributed by atoms with Crippen molar-refractivity contribution in [2.24, 2.45) is 0 Å². The van der Waals surface area contributed by atoms with E-state index < -0.39 is 0 Å². The number of rotatable bonds is 3. The van der Waals surface area contributed by atoms with E-state index in [0.29, 0.717) is 0 Å². The topological polar surface area (TPSA) is 13.1 Å². The highest BCUT2D eigenvalue weighted by atomic mass is 16.3. The van der Waals surface area contributed by atoms with Gasteiger partial charge in [-0.05, 0) is 113 Å². The van der Waals surface area contributed by atoms with Gasteiger partial charge in [0.1, 0.15) is 11.2 Å². The van der Waals surface area contributed by atoms with Crippen molar-refractivity contribution in [1.82, 2.24) is 0 Å². The second-order valence-electron chi connectivity index (χ2n) is 12.8. The summed E-state index contributed by atoms with van der Waals surface area (Å²) in [5, 5.41) is 12.4. The molecule has 1 aromatic heterocycles. The molecular weight excluding hydrogens is 581 g/mol. The van der Waals surface area contributed by atoms with Crippen molar-refractivity contribution in [1.29, 1.82) is 0 Å². The Morgan fingerprint density at radius 1 is 0.292 bits per heavy atom. The zero-order chi connectivity index (χ0) is 31.8. The van der Waals surface area contributed by atoms with E-state index >= 15 is 0 Å². The minimum Gasteiger partial charge on any atom is -0.456 e. The molecule has 48 heavy (non-hydrogen) atoms. The normalized spacial score (nSPS) is 11.9. The van der Waals surface area contributed by atoms with Crippen molar-refractivity contribution in [2.75, 3.05) is 0 Å². The van der Waals surface area contributed by atoms with Gasteiger partial charge in [0.25, 0.3) is 0 Å². The summed E-state index contributed by atoms with van der Waals surface area (Å²) < 4.78 is 6.62. The van der Waals surface area contributed by atoms with Gasteiger partial charge in [0.15, 0.2) is 0 Å². The zero-order valence-corrected chi connectivity index (χ0v) is 26.5. The molecule has 0 saturated carbocycles. The first-order chi connectivity index (χ1) is 23.7. The zero-order valence-electron chi connectivity index (χ0n) is 26.5. The highest BCUT2D eigenvalue weighted by molar-refractivity contribution is 6.22. The lowest BCUT2D eigenvalue weighted by molar-refractivity contribution is 0.669. The van der Waals surface area contributed by atoms with Gasteiger partial charge < -0.3 is 4.42 Å². The third-order valence-corrected chi connectivity index (χ3v) is 10.2. The third-order valence-electron chi connectivity index (χ3n) is 10.2. The number of aryl methyl sites for hydroxylation is 1. The monoisotopic (exact) mass is 610 g/mol. The summed E-state index contributed by atoms with van der Waals surface area (Å²) in [5.41, 5.74) is 10.5. The average molecular weight is 611 g/mol. The summed E-state index contributed by atoms with van der Waals surface area (Å²) in [6, 6.07) is 59.4. The molecule has 9 aromatic carbocycles. The Kier molecular flexibility index (Phi) is 5.86. The molecule has 0 spiro atoms. The van der Waals surface area contributed by atoms with Crippen LogP contribution in [0.4, 0.5) is 0 Å². The summed E-state index contributed by atoms with van der Waals surface area (Å²) in [5.74, 6) is 0. The lowest BCUT2D eigenvalue weighted by atomic mass is 9.86. The van der Waals surface area contributed by atoms with Gasteiger partial charge in [-0.25, -0.2) is 0 Å².